The molecule has 0 saturated heterocycles. The van der Waals surface area contributed by atoms with Crippen molar-refractivity contribution in [2.24, 2.45) is 11.8 Å². The average Bonchev–Trinajstić information content (AvgIpc) is 3.08. The highest BCUT2D eigenvalue weighted by Gasteiger charge is 2.19. The second-order valence-electron chi connectivity index (χ2n) is 15.3. The zero-order valence-electron chi connectivity index (χ0n) is 33.3. The Balaban J connectivity index is 4.19. The molecule has 0 fully saturated rings. The summed E-state index contributed by atoms with van der Waals surface area (Å²) in [5.41, 5.74) is 0. The fourth-order valence-corrected chi connectivity index (χ4v) is 6.19. The monoisotopic (exact) mass is 695 g/mol. The highest BCUT2D eigenvalue weighted by molar-refractivity contribution is 5.71. The summed E-state index contributed by atoms with van der Waals surface area (Å²) in [5, 5.41) is 0. The maximum absolute atomic E-state index is 12.5. The summed E-state index contributed by atoms with van der Waals surface area (Å²) in [6.45, 7) is 11.2. The van der Waals surface area contributed by atoms with Gasteiger partial charge in [0.05, 0.1) is 0 Å². The smallest absolute Gasteiger partial charge is 0.306 e. The predicted molar refractivity (Wildman–Crippen MR) is 206 cm³/mol. The molecule has 290 valence electrons. The first-order chi connectivity index (χ1) is 23.8. The number of carbonyl (C=O) groups is 3. The molecule has 0 rings (SSSR count). The van der Waals surface area contributed by atoms with Crippen LogP contribution in [0.1, 0.15) is 227 Å². The lowest BCUT2D eigenvalue weighted by Crippen LogP contribution is -2.30. The van der Waals surface area contributed by atoms with E-state index in [9.17, 15) is 14.4 Å². The van der Waals surface area contributed by atoms with E-state index in [2.05, 4.69) is 34.6 Å². The number of esters is 3. The summed E-state index contributed by atoms with van der Waals surface area (Å²) < 4.78 is 16.6. The standard InChI is InChI=1S/C43H82O6/c1-6-8-9-21-30-35-43(46)49-40(37-48-42(45)34-29-25-20-16-15-18-23-27-32-39(5)7-2)36-47-41(44)33-28-24-19-14-12-10-11-13-17-22-26-31-38(3)4/h38-40H,6-37H2,1-5H3/t39?,40-/m0/s1. The van der Waals surface area contributed by atoms with Gasteiger partial charge in [-0.05, 0) is 31.1 Å². The minimum atomic E-state index is -0.758. The Bertz CT molecular complexity index is 751. The molecule has 0 aliphatic rings. The van der Waals surface area contributed by atoms with Gasteiger partial charge in [-0.1, -0.05) is 189 Å². The van der Waals surface area contributed by atoms with Gasteiger partial charge in [-0.2, -0.15) is 0 Å². The minimum absolute atomic E-state index is 0.0669. The highest BCUT2D eigenvalue weighted by Crippen LogP contribution is 2.17. The van der Waals surface area contributed by atoms with Gasteiger partial charge < -0.3 is 14.2 Å². The third kappa shape index (κ3) is 36.0. The van der Waals surface area contributed by atoms with E-state index in [1.54, 1.807) is 0 Å². The summed E-state index contributed by atoms with van der Waals surface area (Å²) in [6.07, 6.45) is 32.6. The van der Waals surface area contributed by atoms with E-state index in [1.165, 1.54) is 109 Å². The Hall–Kier alpha value is -1.59. The van der Waals surface area contributed by atoms with Crippen molar-refractivity contribution in [3.05, 3.63) is 0 Å². The van der Waals surface area contributed by atoms with Gasteiger partial charge in [0.15, 0.2) is 6.10 Å². The summed E-state index contributed by atoms with van der Waals surface area (Å²) in [5.74, 6) is 0.798. The first-order valence-corrected chi connectivity index (χ1v) is 21.3. The molecule has 0 aliphatic carbocycles. The zero-order chi connectivity index (χ0) is 36.2. The van der Waals surface area contributed by atoms with Crippen molar-refractivity contribution in [1.82, 2.24) is 0 Å². The van der Waals surface area contributed by atoms with Crippen molar-refractivity contribution >= 4 is 17.9 Å². The van der Waals surface area contributed by atoms with Gasteiger partial charge in [0.25, 0.3) is 0 Å². The summed E-state index contributed by atoms with van der Waals surface area (Å²) >= 11 is 0. The van der Waals surface area contributed by atoms with Crippen molar-refractivity contribution in [3.63, 3.8) is 0 Å². The van der Waals surface area contributed by atoms with Crippen LogP contribution in [0.2, 0.25) is 0 Å². The molecule has 0 spiro atoms. The largest absolute Gasteiger partial charge is 0.462 e. The Labute approximate surface area is 304 Å². The Morgan fingerprint density at radius 2 is 0.776 bits per heavy atom. The van der Waals surface area contributed by atoms with Crippen LogP contribution in [-0.2, 0) is 28.6 Å². The summed E-state index contributed by atoms with van der Waals surface area (Å²) in [4.78, 5) is 37.3. The van der Waals surface area contributed by atoms with E-state index < -0.39 is 6.10 Å². The molecule has 0 saturated carbocycles. The van der Waals surface area contributed by atoms with Crippen LogP contribution in [-0.4, -0.2) is 37.2 Å². The number of unbranched alkanes of at least 4 members (excludes halogenated alkanes) is 21. The third-order valence-electron chi connectivity index (χ3n) is 9.83. The molecule has 0 aromatic rings. The van der Waals surface area contributed by atoms with Crippen LogP contribution >= 0.6 is 0 Å². The van der Waals surface area contributed by atoms with E-state index in [4.69, 9.17) is 14.2 Å². The Kier molecular flexibility index (Phi) is 35.0. The van der Waals surface area contributed by atoms with Gasteiger partial charge >= 0.3 is 17.9 Å². The van der Waals surface area contributed by atoms with Crippen LogP contribution < -0.4 is 0 Å². The first-order valence-electron chi connectivity index (χ1n) is 21.3. The number of hydrogen-bond acceptors (Lipinski definition) is 6. The number of rotatable bonds is 37. The maximum atomic E-state index is 12.5. The van der Waals surface area contributed by atoms with Crippen LogP contribution in [0.15, 0.2) is 0 Å². The van der Waals surface area contributed by atoms with Crippen molar-refractivity contribution in [2.45, 2.75) is 233 Å². The van der Waals surface area contributed by atoms with Gasteiger partial charge in [-0.25, -0.2) is 0 Å². The number of carbonyl (C=O) groups excluding carboxylic acids is 3. The van der Waals surface area contributed by atoms with Gasteiger partial charge in [0.1, 0.15) is 13.2 Å². The lowest BCUT2D eigenvalue weighted by molar-refractivity contribution is -0.167. The summed E-state index contributed by atoms with van der Waals surface area (Å²) in [6, 6.07) is 0. The quantitative estimate of drug-likeness (QED) is 0.0366. The van der Waals surface area contributed by atoms with Gasteiger partial charge in [0.2, 0.25) is 0 Å². The second kappa shape index (κ2) is 36.2. The SMILES string of the molecule is CCCCCCCC(=O)O[C@@H](COC(=O)CCCCCCCCCCCCCC(C)C)COC(=O)CCCCCCCCCCC(C)CC. The topological polar surface area (TPSA) is 78.9 Å². The highest BCUT2D eigenvalue weighted by atomic mass is 16.6. The van der Waals surface area contributed by atoms with Crippen LogP contribution in [0.25, 0.3) is 0 Å². The number of ether oxygens (including phenoxy) is 3. The molecule has 1 unspecified atom stereocenters. The Morgan fingerprint density at radius 1 is 0.429 bits per heavy atom. The van der Waals surface area contributed by atoms with E-state index >= 15 is 0 Å². The zero-order valence-corrected chi connectivity index (χ0v) is 33.3. The van der Waals surface area contributed by atoms with Crippen molar-refractivity contribution in [3.8, 4) is 0 Å². The molecule has 0 aromatic heterocycles. The normalized spacial score (nSPS) is 12.6. The van der Waals surface area contributed by atoms with E-state index in [-0.39, 0.29) is 31.1 Å². The second-order valence-corrected chi connectivity index (χ2v) is 15.3. The molecule has 0 N–H and O–H groups in total. The minimum Gasteiger partial charge on any atom is -0.462 e. The van der Waals surface area contributed by atoms with Crippen LogP contribution in [0, 0.1) is 11.8 Å². The molecule has 6 heteroatoms. The fourth-order valence-electron chi connectivity index (χ4n) is 6.19. The first kappa shape index (κ1) is 47.4. The molecular formula is C43H82O6. The lowest BCUT2D eigenvalue weighted by Gasteiger charge is -2.18. The molecule has 6 nitrogen and oxygen atoms in total. The molecule has 0 amide bonds. The third-order valence-corrected chi connectivity index (χ3v) is 9.83. The molecule has 49 heavy (non-hydrogen) atoms. The maximum Gasteiger partial charge on any atom is 0.306 e. The van der Waals surface area contributed by atoms with E-state index in [0.29, 0.717) is 19.3 Å². The average molecular weight is 695 g/mol. The molecule has 0 aliphatic heterocycles. The molecule has 0 radical (unpaired) electrons. The van der Waals surface area contributed by atoms with Crippen LogP contribution in [0.4, 0.5) is 0 Å². The summed E-state index contributed by atoms with van der Waals surface area (Å²) in [7, 11) is 0. The lowest BCUT2D eigenvalue weighted by atomic mass is 9.99. The molecule has 0 heterocycles. The number of hydrogen-bond donors (Lipinski definition) is 0. The molecule has 0 bridgehead atoms. The van der Waals surface area contributed by atoms with Gasteiger partial charge in [0, 0.05) is 19.3 Å². The van der Waals surface area contributed by atoms with Crippen molar-refractivity contribution in [1.29, 1.82) is 0 Å². The van der Waals surface area contributed by atoms with Crippen molar-refractivity contribution in [2.75, 3.05) is 13.2 Å². The molecule has 0 aromatic carbocycles. The van der Waals surface area contributed by atoms with Crippen LogP contribution in [0.5, 0.6) is 0 Å². The van der Waals surface area contributed by atoms with Gasteiger partial charge in [-0.3, -0.25) is 14.4 Å². The molecular weight excluding hydrogens is 612 g/mol. The van der Waals surface area contributed by atoms with Crippen LogP contribution in [0.3, 0.4) is 0 Å². The molecule has 2 atom stereocenters. The Morgan fingerprint density at radius 3 is 1.16 bits per heavy atom. The van der Waals surface area contributed by atoms with Gasteiger partial charge in [-0.15, -0.1) is 0 Å². The van der Waals surface area contributed by atoms with E-state index in [1.807, 2.05) is 0 Å². The van der Waals surface area contributed by atoms with Crippen molar-refractivity contribution < 1.29 is 28.6 Å². The fraction of sp³-hybridized carbons (Fsp3) is 0.930. The van der Waals surface area contributed by atoms with E-state index in [0.717, 1.165) is 76.0 Å². The predicted octanol–water partition coefficient (Wildman–Crippen LogP) is 13.0.